The maximum atomic E-state index is 11.5. The monoisotopic (exact) mass is 239 g/mol. The molecule has 1 rings (SSSR count). The van der Waals surface area contributed by atoms with Crippen LogP contribution in [-0.2, 0) is 22.6 Å². The summed E-state index contributed by atoms with van der Waals surface area (Å²) in [4.78, 5) is 22.0. The number of rotatable bonds is 6. The minimum Gasteiger partial charge on any atom is -0.480 e. The van der Waals surface area contributed by atoms with E-state index in [1.165, 1.54) is 11.6 Å². The molecule has 0 spiro atoms. The molecule has 1 amide bonds. The third kappa shape index (κ3) is 3.67. The summed E-state index contributed by atoms with van der Waals surface area (Å²) in [7, 11) is 0. The zero-order valence-corrected chi connectivity index (χ0v) is 9.33. The molecular formula is C9H13N5O3. The molecule has 1 unspecified atom stereocenters. The van der Waals surface area contributed by atoms with E-state index in [1.54, 1.807) is 6.08 Å². The van der Waals surface area contributed by atoms with Gasteiger partial charge in [0, 0.05) is 0 Å². The number of nitrogens with zero attached hydrogens (tertiary/aromatic N) is 4. The van der Waals surface area contributed by atoms with Gasteiger partial charge in [0.15, 0.2) is 5.82 Å². The molecule has 0 saturated heterocycles. The van der Waals surface area contributed by atoms with E-state index in [9.17, 15) is 9.59 Å². The van der Waals surface area contributed by atoms with E-state index in [0.717, 1.165) is 0 Å². The summed E-state index contributed by atoms with van der Waals surface area (Å²) in [6.45, 7) is 5.31. The molecular weight excluding hydrogens is 226 g/mol. The van der Waals surface area contributed by atoms with Gasteiger partial charge in [-0.15, -0.1) is 11.7 Å². The van der Waals surface area contributed by atoms with Gasteiger partial charge in [0.25, 0.3) is 0 Å². The quantitative estimate of drug-likeness (QED) is 0.615. The second kappa shape index (κ2) is 5.73. The number of carbonyl (C=O) groups excluding carboxylic acids is 1. The van der Waals surface area contributed by atoms with E-state index in [4.69, 9.17) is 5.11 Å². The van der Waals surface area contributed by atoms with Crippen molar-refractivity contribution < 1.29 is 14.7 Å². The highest BCUT2D eigenvalue weighted by Crippen LogP contribution is 1.95. The number of amides is 1. The highest BCUT2D eigenvalue weighted by atomic mass is 16.4. The molecule has 1 aromatic rings. The third-order valence-electron chi connectivity index (χ3n) is 1.97. The van der Waals surface area contributed by atoms with Crippen molar-refractivity contribution in [3.63, 3.8) is 0 Å². The molecule has 92 valence electrons. The van der Waals surface area contributed by atoms with E-state index in [1.807, 2.05) is 0 Å². The van der Waals surface area contributed by atoms with E-state index in [2.05, 4.69) is 27.4 Å². The van der Waals surface area contributed by atoms with Crippen molar-refractivity contribution in [3.05, 3.63) is 18.5 Å². The molecule has 1 atom stereocenters. The number of nitrogens with one attached hydrogen (secondary N) is 1. The largest absolute Gasteiger partial charge is 0.480 e. The summed E-state index contributed by atoms with van der Waals surface area (Å²) >= 11 is 0. The average molecular weight is 239 g/mol. The maximum absolute atomic E-state index is 11.5. The summed E-state index contributed by atoms with van der Waals surface area (Å²) in [5, 5.41) is 21.7. The van der Waals surface area contributed by atoms with Crippen molar-refractivity contribution in [1.29, 1.82) is 0 Å². The van der Waals surface area contributed by atoms with Crippen molar-refractivity contribution >= 4 is 11.9 Å². The Morgan fingerprint density at radius 3 is 2.94 bits per heavy atom. The van der Waals surface area contributed by atoms with Gasteiger partial charge in [-0.2, -0.15) is 0 Å². The molecule has 0 fully saturated rings. The van der Waals surface area contributed by atoms with Crippen LogP contribution in [0.4, 0.5) is 0 Å². The highest BCUT2D eigenvalue weighted by molar-refractivity contribution is 5.84. The molecule has 0 saturated carbocycles. The Balaban J connectivity index is 2.58. The van der Waals surface area contributed by atoms with Crippen molar-refractivity contribution in [3.8, 4) is 0 Å². The van der Waals surface area contributed by atoms with Gasteiger partial charge in [0.05, 0.1) is 13.0 Å². The van der Waals surface area contributed by atoms with Crippen LogP contribution < -0.4 is 5.32 Å². The van der Waals surface area contributed by atoms with Gasteiger partial charge in [0.1, 0.15) is 6.04 Å². The van der Waals surface area contributed by atoms with Gasteiger partial charge < -0.3 is 10.4 Å². The minimum atomic E-state index is -1.09. The van der Waals surface area contributed by atoms with Gasteiger partial charge >= 0.3 is 5.97 Å². The number of carboxylic acid groups (broad SMARTS) is 1. The molecule has 1 heterocycles. The number of carbonyl (C=O) groups is 2. The summed E-state index contributed by atoms with van der Waals surface area (Å²) < 4.78 is 1.41. The molecule has 2 N–H and O–H groups in total. The standard InChI is InChI=1S/C9H13N5O3/c1-3-4-14-7(11-12-13-14)5-8(15)10-6(2)9(16)17/h3,6H,1,4-5H2,2H3,(H,10,15)(H,16,17). The predicted octanol–water partition coefficient (Wildman–Crippen LogP) is -1.01. The summed E-state index contributed by atoms with van der Waals surface area (Å²) in [6, 6.07) is -0.939. The van der Waals surface area contributed by atoms with Crippen LogP contribution in [0.25, 0.3) is 0 Å². The van der Waals surface area contributed by atoms with E-state index >= 15 is 0 Å². The molecule has 0 aliphatic heterocycles. The summed E-state index contributed by atoms with van der Waals surface area (Å²) in [6.07, 6.45) is 1.52. The van der Waals surface area contributed by atoms with Crippen molar-refractivity contribution in [2.24, 2.45) is 0 Å². The van der Waals surface area contributed by atoms with Crippen molar-refractivity contribution in [2.45, 2.75) is 25.9 Å². The van der Waals surface area contributed by atoms with Crippen LogP contribution in [0.15, 0.2) is 12.7 Å². The Hall–Kier alpha value is -2.25. The zero-order valence-electron chi connectivity index (χ0n) is 9.33. The number of aromatic nitrogens is 4. The van der Waals surface area contributed by atoms with Crippen LogP contribution in [0.1, 0.15) is 12.7 Å². The summed E-state index contributed by atoms with van der Waals surface area (Å²) in [5.74, 6) is -1.18. The lowest BCUT2D eigenvalue weighted by Gasteiger charge is -2.08. The summed E-state index contributed by atoms with van der Waals surface area (Å²) in [5.41, 5.74) is 0. The third-order valence-corrected chi connectivity index (χ3v) is 1.97. The first-order valence-corrected chi connectivity index (χ1v) is 4.92. The second-order valence-corrected chi connectivity index (χ2v) is 3.37. The van der Waals surface area contributed by atoms with E-state index < -0.39 is 17.9 Å². The van der Waals surface area contributed by atoms with Gasteiger partial charge in [-0.1, -0.05) is 6.08 Å². The predicted molar refractivity (Wildman–Crippen MR) is 57.0 cm³/mol. The van der Waals surface area contributed by atoms with Gasteiger partial charge in [-0.3, -0.25) is 9.59 Å². The first-order valence-electron chi connectivity index (χ1n) is 4.92. The smallest absolute Gasteiger partial charge is 0.325 e. The fourth-order valence-corrected chi connectivity index (χ4v) is 1.11. The molecule has 0 aromatic carbocycles. The lowest BCUT2D eigenvalue weighted by atomic mass is 10.3. The number of tetrazole rings is 1. The fourth-order valence-electron chi connectivity index (χ4n) is 1.11. The molecule has 0 bridgehead atoms. The number of hydrogen-bond donors (Lipinski definition) is 2. The zero-order chi connectivity index (χ0) is 12.8. The molecule has 8 nitrogen and oxygen atoms in total. The van der Waals surface area contributed by atoms with Crippen LogP contribution in [-0.4, -0.2) is 43.2 Å². The molecule has 0 aliphatic carbocycles. The molecule has 1 aromatic heterocycles. The van der Waals surface area contributed by atoms with E-state index in [-0.39, 0.29) is 6.42 Å². The topological polar surface area (TPSA) is 110 Å². The Morgan fingerprint density at radius 2 is 2.35 bits per heavy atom. The Bertz CT molecular complexity index is 428. The number of hydrogen-bond acceptors (Lipinski definition) is 5. The normalized spacial score (nSPS) is 11.8. The molecule has 8 heteroatoms. The highest BCUT2D eigenvalue weighted by Gasteiger charge is 2.16. The van der Waals surface area contributed by atoms with Crippen LogP contribution >= 0.6 is 0 Å². The van der Waals surface area contributed by atoms with Gasteiger partial charge in [-0.05, 0) is 17.4 Å². The average Bonchev–Trinajstić information content (AvgIpc) is 2.66. The molecule has 0 radical (unpaired) electrons. The minimum absolute atomic E-state index is 0.0710. The lowest BCUT2D eigenvalue weighted by Crippen LogP contribution is -2.39. The van der Waals surface area contributed by atoms with Crippen LogP contribution in [0.2, 0.25) is 0 Å². The van der Waals surface area contributed by atoms with Crippen LogP contribution in [0.3, 0.4) is 0 Å². The first kappa shape index (κ1) is 12.8. The van der Waals surface area contributed by atoms with Crippen LogP contribution in [0.5, 0.6) is 0 Å². The number of allylic oxidation sites excluding steroid dienone is 1. The molecule has 0 aliphatic rings. The Morgan fingerprint density at radius 1 is 1.65 bits per heavy atom. The fraction of sp³-hybridized carbons (Fsp3) is 0.444. The van der Waals surface area contributed by atoms with E-state index in [0.29, 0.717) is 12.4 Å². The number of aliphatic carboxylic acids is 1. The van der Waals surface area contributed by atoms with Gasteiger partial charge in [0.2, 0.25) is 5.91 Å². The SMILES string of the molecule is C=CCn1nnnc1CC(=O)NC(C)C(=O)O. The second-order valence-electron chi connectivity index (χ2n) is 3.37. The molecule has 17 heavy (non-hydrogen) atoms. The first-order chi connectivity index (χ1) is 8.04. The lowest BCUT2D eigenvalue weighted by molar-refractivity contribution is -0.141. The van der Waals surface area contributed by atoms with Gasteiger partial charge in [-0.25, -0.2) is 4.68 Å². The Kier molecular flexibility index (Phi) is 4.32. The van der Waals surface area contributed by atoms with Crippen LogP contribution in [0, 0.1) is 0 Å². The maximum Gasteiger partial charge on any atom is 0.325 e. The van der Waals surface area contributed by atoms with Crippen molar-refractivity contribution in [2.75, 3.05) is 0 Å². The van der Waals surface area contributed by atoms with Crippen molar-refractivity contribution in [1.82, 2.24) is 25.5 Å². The Labute approximate surface area is 97.3 Å². The number of carboxylic acids is 1.